The number of carbonyl (C=O) groups is 1. The predicted molar refractivity (Wildman–Crippen MR) is 162 cm³/mol. The number of thioether (sulfide) groups is 1. The number of nitrogens with zero attached hydrogens (tertiary/aromatic N) is 3. The highest BCUT2D eigenvalue weighted by Crippen LogP contribution is 2.32. The van der Waals surface area contributed by atoms with Crippen molar-refractivity contribution in [2.75, 3.05) is 6.26 Å². The second-order valence-corrected chi connectivity index (χ2v) is 12.5. The molecule has 8 nitrogen and oxygen atoms in total. The summed E-state index contributed by atoms with van der Waals surface area (Å²) < 4.78 is 13.6. The molecule has 0 bridgehead atoms. The van der Waals surface area contributed by atoms with Crippen molar-refractivity contribution in [2.45, 2.75) is 48.1 Å². The van der Waals surface area contributed by atoms with Crippen LogP contribution in [0.4, 0.5) is 0 Å². The molecule has 0 spiro atoms. The predicted octanol–water partition coefficient (Wildman–Crippen LogP) is 5.53. The van der Waals surface area contributed by atoms with Gasteiger partial charge in [-0.15, -0.1) is 11.8 Å². The summed E-state index contributed by atoms with van der Waals surface area (Å²) in [6.45, 7) is 5.39. The number of aromatic amines is 1. The third-order valence-electron chi connectivity index (χ3n) is 6.46. The third kappa shape index (κ3) is 5.44. The molecule has 11 heteroatoms. The Labute approximate surface area is 247 Å². The molecule has 1 aliphatic heterocycles. The van der Waals surface area contributed by atoms with Gasteiger partial charge in [0.1, 0.15) is 5.76 Å². The van der Waals surface area contributed by atoms with Gasteiger partial charge in [0.05, 0.1) is 39.0 Å². The zero-order valence-electron chi connectivity index (χ0n) is 22.7. The molecule has 1 aliphatic rings. The number of hydrogen-bond donors (Lipinski definition) is 1. The van der Waals surface area contributed by atoms with Crippen LogP contribution in [0.15, 0.2) is 101 Å². The van der Waals surface area contributed by atoms with Crippen LogP contribution in [0.25, 0.3) is 17.1 Å². The normalized spacial score (nSPS) is 15.4. The van der Waals surface area contributed by atoms with E-state index < -0.39 is 12.0 Å². The maximum atomic E-state index is 13.9. The van der Waals surface area contributed by atoms with E-state index in [2.05, 4.69) is 15.0 Å². The molecule has 3 aromatic heterocycles. The molecule has 4 heterocycles. The second kappa shape index (κ2) is 11.2. The van der Waals surface area contributed by atoms with Crippen molar-refractivity contribution in [1.82, 2.24) is 14.5 Å². The van der Waals surface area contributed by atoms with E-state index in [4.69, 9.17) is 9.15 Å². The number of carbonyl (C=O) groups excluding carboxylic acids is 1. The Morgan fingerprint density at radius 2 is 1.93 bits per heavy atom. The molecule has 6 rings (SSSR count). The van der Waals surface area contributed by atoms with Gasteiger partial charge in [0.25, 0.3) is 5.56 Å². The molecule has 208 valence electrons. The number of para-hydroxylation sites is 2. The average Bonchev–Trinajstić information content (AvgIpc) is 3.65. The number of benzene rings is 2. The maximum absolute atomic E-state index is 13.9. The highest BCUT2D eigenvalue weighted by Gasteiger charge is 2.33. The summed E-state index contributed by atoms with van der Waals surface area (Å²) in [4.78, 5) is 41.2. The summed E-state index contributed by atoms with van der Waals surface area (Å²) in [6, 6.07) is 18.7. The second-order valence-electron chi connectivity index (χ2n) is 9.63. The molecule has 1 N–H and O–H groups in total. The van der Waals surface area contributed by atoms with Crippen LogP contribution in [0.1, 0.15) is 38.1 Å². The van der Waals surface area contributed by atoms with Crippen LogP contribution in [0.5, 0.6) is 0 Å². The molecular weight excluding hydrogens is 577 g/mol. The lowest BCUT2D eigenvalue weighted by atomic mass is 9.96. The van der Waals surface area contributed by atoms with E-state index in [0.29, 0.717) is 31.5 Å². The van der Waals surface area contributed by atoms with Crippen LogP contribution in [0.2, 0.25) is 0 Å². The zero-order valence-corrected chi connectivity index (χ0v) is 25.2. The van der Waals surface area contributed by atoms with E-state index in [0.717, 1.165) is 26.6 Å². The molecule has 0 aliphatic carbocycles. The molecule has 0 saturated heterocycles. The van der Waals surface area contributed by atoms with Gasteiger partial charge in [0, 0.05) is 11.0 Å². The molecule has 1 atom stereocenters. The molecule has 0 saturated carbocycles. The van der Waals surface area contributed by atoms with E-state index in [-0.39, 0.29) is 11.7 Å². The first-order valence-corrected chi connectivity index (χ1v) is 15.8. The van der Waals surface area contributed by atoms with Gasteiger partial charge in [-0.3, -0.25) is 9.36 Å². The van der Waals surface area contributed by atoms with E-state index >= 15 is 0 Å². The quantitative estimate of drug-likeness (QED) is 0.193. The van der Waals surface area contributed by atoms with Gasteiger partial charge in [-0.2, -0.15) is 0 Å². The number of imidazole rings is 1. The molecule has 0 fully saturated rings. The van der Waals surface area contributed by atoms with Crippen LogP contribution in [-0.2, 0) is 9.53 Å². The minimum absolute atomic E-state index is 0.252. The topological polar surface area (TPSA) is 102 Å². The first kappa shape index (κ1) is 27.4. The lowest BCUT2D eigenvalue weighted by Gasteiger charge is -2.25. The van der Waals surface area contributed by atoms with Gasteiger partial charge in [0.15, 0.2) is 15.1 Å². The van der Waals surface area contributed by atoms with Crippen molar-refractivity contribution in [3.05, 3.63) is 103 Å². The van der Waals surface area contributed by atoms with Gasteiger partial charge >= 0.3 is 5.97 Å². The van der Waals surface area contributed by atoms with Gasteiger partial charge in [-0.25, -0.2) is 14.8 Å². The summed E-state index contributed by atoms with van der Waals surface area (Å²) in [7, 11) is 0. The summed E-state index contributed by atoms with van der Waals surface area (Å²) in [5.74, 6) is 0.0534. The first-order chi connectivity index (χ1) is 19.8. The molecule has 41 heavy (non-hydrogen) atoms. The summed E-state index contributed by atoms with van der Waals surface area (Å²) in [6.07, 6.45) is 3.41. The van der Waals surface area contributed by atoms with Crippen LogP contribution in [-0.4, -0.2) is 32.9 Å². The Balaban J connectivity index is 1.39. The van der Waals surface area contributed by atoms with Crippen molar-refractivity contribution < 1.29 is 13.9 Å². The van der Waals surface area contributed by atoms with Crippen LogP contribution >= 0.6 is 34.9 Å². The van der Waals surface area contributed by atoms with Crippen molar-refractivity contribution in [3.63, 3.8) is 0 Å². The number of thiazole rings is 1. The standard InChI is InChI=1S/C30H26N4O4S3/c1-16(2)37-28(36)25-17(3)31-30-34(26(25)18-9-12-20(39-4)13-10-18)27(35)23(40-30)15-19-11-14-24(38-19)41-29-32-21-7-5-6-8-22(21)33-29/h5-16,26H,1-4H3,(H,32,33)/b23-15+/t26-/m0/s1. The van der Waals surface area contributed by atoms with E-state index in [1.54, 1.807) is 43.2 Å². The number of H-pyrrole nitrogens is 1. The summed E-state index contributed by atoms with van der Waals surface area (Å²) >= 11 is 4.26. The Hall–Kier alpha value is -3.80. The summed E-state index contributed by atoms with van der Waals surface area (Å²) in [5.41, 5.74) is 3.28. The molecule has 0 amide bonds. The highest BCUT2D eigenvalue weighted by atomic mass is 32.2. The first-order valence-electron chi connectivity index (χ1n) is 12.9. The Morgan fingerprint density at radius 3 is 2.66 bits per heavy atom. The number of ether oxygens (including phenoxy) is 1. The maximum Gasteiger partial charge on any atom is 0.338 e. The smallest absolute Gasteiger partial charge is 0.338 e. The number of nitrogens with one attached hydrogen (secondary N) is 1. The van der Waals surface area contributed by atoms with Crippen LogP contribution in [0.3, 0.4) is 0 Å². The Morgan fingerprint density at radius 1 is 1.15 bits per heavy atom. The number of esters is 1. The summed E-state index contributed by atoms with van der Waals surface area (Å²) in [5, 5.41) is 1.36. The third-order valence-corrected chi connectivity index (χ3v) is 8.99. The van der Waals surface area contributed by atoms with Gasteiger partial charge in [-0.05, 0) is 80.8 Å². The van der Waals surface area contributed by atoms with Crippen molar-refractivity contribution in [2.24, 2.45) is 4.99 Å². The van der Waals surface area contributed by atoms with Crippen LogP contribution in [0, 0.1) is 0 Å². The lowest BCUT2D eigenvalue weighted by molar-refractivity contribution is -0.143. The van der Waals surface area contributed by atoms with E-state index in [9.17, 15) is 9.59 Å². The fourth-order valence-corrected chi connectivity index (χ4v) is 6.84. The molecular formula is C30H26N4O4S3. The van der Waals surface area contributed by atoms with Gasteiger partial charge in [-0.1, -0.05) is 35.6 Å². The number of allylic oxidation sites excluding steroid dienone is 1. The van der Waals surface area contributed by atoms with Crippen LogP contribution < -0.4 is 14.9 Å². The van der Waals surface area contributed by atoms with E-state index in [1.807, 2.05) is 66.9 Å². The average molecular weight is 603 g/mol. The fraction of sp³-hybridized carbons (Fsp3) is 0.200. The Bertz CT molecular complexity index is 1950. The number of hydrogen-bond acceptors (Lipinski definition) is 9. The monoisotopic (exact) mass is 602 g/mol. The molecule has 2 aromatic carbocycles. The van der Waals surface area contributed by atoms with Crippen molar-refractivity contribution >= 4 is 57.9 Å². The zero-order chi connectivity index (χ0) is 28.7. The van der Waals surface area contributed by atoms with Crippen molar-refractivity contribution in [1.29, 1.82) is 0 Å². The largest absolute Gasteiger partial charge is 0.459 e. The minimum atomic E-state index is -0.661. The van der Waals surface area contributed by atoms with Gasteiger partial charge < -0.3 is 14.1 Å². The number of rotatable bonds is 7. The number of aromatic nitrogens is 3. The lowest BCUT2D eigenvalue weighted by Crippen LogP contribution is -2.40. The molecule has 5 aromatic rings. The van der Waals surface area contributed by atoms with Gasteiger partial charge in [0.2, 0.25) is 0 Å². The van der Waals surface area contributed by atoms with Crippen molar-refractivity contribution in [3.8, 4) is 0 Å². The number of fused-ring (bicyclic) bond motifs is 2. The van der Waals surface area contributed by atoms with E-state index in [1.165, 1.54) is 23.1 Å². The Kier molecular flexibility index (Phi) is 7.50. The SMILES string of the molecule is CSc1ccc([C@H]2C(C(=O)OC(C)C)=C(C)N=c3s/c(=C/c4ccc(Sc5nc6ccccc6[nH]5)o4)c(=O)n32)cc1. The highest BCUT2D eigenvalue weighted by molar-refractivity contribution is 7.99. The fourth-order valence-electron chi connectivity index (χ4n) is 4.63. The minimum Gasteiger partial charge on any atom is -0.459 e. The number of furan rings is 1. The molecule has 0 unspecified atom stereocenters. The molecule has 0 radical (unpaired) electrons.